The van der Waals surface area contributed by atoms with Gasteiger partial charge >= 0.3 is 0 Å². The van der Waals surface area contributed by atoms with Gasteiger partial charge in [-0.15, -0.1) is 0 Å². The van der Waals surface area contributed by atoms with E-state index in [2.05, 4.69) is 50.0 Å². The molecule has 5 nitrogen and oxygen atoms in total. The number of nitrogens with one attached hydrogen (secondary N) is 1. The summed E-state index contributed by atoms with van der Waals surface area (Å²) < 4.78 is 0. The molecule has 0 unspecified atom stereocenters. The Kier molecular flexibility index (Phi) is 5.91. The molecule has 0 bridgehead atoms. The Morgan fingerprint density at radius 1 is 1.12 bits per heavy atom. The number of carbonyl (C=O) groups excluding carboxylic acids is 2. The summed E-state index contributed by atoms with van der Waals surface area (Å²) in [6, 6.07) is 12.0. The maximum absolute atomic E-state index is 13.4. The number of carbonyl (C=O) groups is 2. The van der Waals surface area contributed by atoms with Gasteiger partial charge in [-0.3, -0.25) is 19.8 Å². The van der Waals surface area contributed by atoms with Crippen molar-refractivity contribution < 1.29 is 9.59 Å². The van der Waals surface area contributed by atoms with E-state index in [9.17, 15) is 9.59 Å². The van der Waals surface area contributed by atoms with Crippen LogP contribution >= 0.6 is 12.2 Å². The molecule has 0 aromatic heterocycles. The first-order valence-corrected chi connectivity index (χ1v) is 11.8. The molecule has 172 valence electrons. The zero-order valence-electron chi connectivity index (χ0n) is 20.2. The largest absolute Gasteiger partial charge is 0.366 e. The quantitative estimate of drug-likeness (QED) is 0.386. The molecule has 0 spiro atoms. The maximum atomic E-state index is 13.4. The molecule has 1 saturated heterocycles. The van der Waals surface area contributed by atoms with Crippen LogP contribution in [0.1, 0.15) is 62.3 Å². The first-order chi connectivity index (χ1) is 15.5. The molecule has 0 aliphatic carbocycles. The van der Waals surface area contributed by atoms with E-state index in [4.69, 9.17) is 12.2 Å². The van der Waals surface area contributed by atoms with Gasteiger partial charge in [-0.05, 0) is 100 Å². The fourth-order valence-corrected chi connectivity index (χ4v) is 5.57. The highest BCUT2D eigenvalue weighted by Crippen LogP contribution is 2.43. The van der Waals surface area contributed by atoms with Crippen LogP contribution in [0.3, 0.4) is 0 Å². The van der Waals surface area contributed by atoms with Crippen molar-refractivity contribution in [3.8, 4) is 0 Å². The summed E-state index contributed by atoms with van der Waals surface area (Å²) in [5.41, 5.74) is 6.17. The SMILES string of the molecule is CCN1c2ccc(/C=C3\C(=O)NC(=S)N(c4ccc(C)cc4C)C3=O)cc2[C@@H](C)CC1(C)C. The second-order valence-corrected chi connectivity index (χ2v) is 10.1. The van der Waals surface area contributed by atoms with E-state index >= 15 is 0 Å². The molecule has 0 radical (unpaired) electrons. The molecule has 2 aromatic rings. The summed E-state index contributed by atoms with van der Waals surface area (Å²) >= 11 is 5.36. The number of nitrogens with zero attached hydrogens (tertiary/aromatic N) is 2. The lowest BCUT2D eigenvalue weighted by Gasteiger charge is -2.47. The molecule has 2 aromatic carbocycles. The number of hydrogen-bond donors (Lipinski definition) is 1. The monoisotopic (exact) mass is 461 g/mol. The average Bonchev–Trinajstić information content (AvgIpc) is 2.72. The van der Waals surface area contributed by atoms with E-state index in [0.717, 1.165) is 29.7 Å². The Morgan fingerprint density at radius 2 is 1.82 bits per heavy atom. The van der Waals surface area contributed by atoms with Crippen LogP contribution in [0.2, 0.25) is 0 Å². The minimum Gasteiger partial charge on any atom is -0.366 e. The van der Waals surface area contributed by atoms with Gasteiger partial charge in [-0.25, -0.2) is 0 Å². The Hall–Kier alpha value is -2.99. The smallest absolute Gasteiger partial charge is 0.270 e. The predicted octanol–water partition coefficient (Wildman–Crippen LogP) is 5.25. The fraction of sp³-hybridized carbons (Fsp3) is 0.370. The van der Waals surface area contributed by atoms with E-state index in [-0.39, 0.29) is 16.2 Å². The number of aryl methyl sites for hydroxylation is 2. The summed E-state index contributed by atoms with van der Waals surface area (Å²) in [6.07, 6.45) is 2.72. The van der Waals surface area contributed by atoms with Gasteiger partial charge in [0.05, 0.1) is 5.69 Å². The van der Waals surface area contributed by atoms with E-state index in [1.165, 1.54) is 16.2 Å². The third kappa shape index (κ3) is 4.08. The van der Waals surface area contributed by atoms with Crippen molar-refractivity contribution in [1.82, 2.24) is 5.32 Å². The van der Waals surface area contributed by atoms with Crippen LogP contribution in [0.25, 0.3) is 6.08 Å². The highest BCUT2D eigenvalue weighted by Gasteiger charge is 2.37. The average molecular weight is 462 g/mol. The zero-order chi connectivity index (χ0) is 24.1. The van der Waals surface area contributed by atoms with Crippen molar-refractivity contribution in [3.05, 3.63) is 64.2 Å². The second kappa shape index (κ2) is 8.41. The van der Waals surface area contributed by atoms with Crippen LogP contribution in [0, 0.1) is 13.8 Å². The molecule has 33 heavy (non-hydrogen) atoms. The van der Waals surface area contributed by atoms with Crippen LogP contribution in [0.15, 0.2) is 42.0 Å². The lowest BCUT2D eigenvalue weighted by Crippen LogP contribution is -2.54. The van der Waals surface area contributed by atoms with Crippen LogP contribution < -0.4 is 15.1 Å². The lowest BCUT2D eigenvalue weighted by molar-refractivity contribution is -0.122. The van der Waals surface area contributed by atoms with Crippen molar-refractivity contribution in [2.75, 3.05) is 16.3 Å². The highest BCUT2D eigenvalue weighted by molar-refractivity contribution is 7.80. The Morgan fingerprint density at radius 3 is 2.48 bits per heavy atom. The van der Waals surface area contributed by atoms with Crippen molar-refractivity contribution in [2.24, 2.45) is 0 Å². The van der Waals surface area contributed by atoms with Gasteiger partial charge in [0, 0.05) is 17.8 Å². The van der Waals surface area contributed by atoms with E-state index < -0.39 is 11.8 Å². The zero-order valence-corrected chi connectivity index (χ0v) is 21.0. The number of rotatable bonds is 3. The summed E-state index contributed by atoms with van der Waals surface area (Å²) in [6.45, 7) is 13.8. The molecule has 6 heteroatoms. The number of fused-ring (bicyclic) bond motifs is 1. The molecule has 2 aliphatic rings. The standard InChI is InChI=1S/C27H31N3O2S/c1-7-29-23-11-9-19(13-20(23)18(4)15-27(29,5)6)14-21-24(31)28-26(33)30(25(21)32)22-10-8-16(2)12-17(22)3/h8-14,18H,7,15H2,1-6H3,(H,28,31,33)/b21-14+/t18-/m0/s1. The van der Waals surface area contributed by atoms with Gasteiger partial charge in [0.2, 0.25) is 0 Å². The summed E-state index contributed by atoms with van der Waals surface area (Å²) in [7, 11) is 0. The van der Waals surface area contributed by atoms with Crippen molar-refractivity contribution in [1.29, 1.82) is 0 Å². The summed E-state index contributed by atoms with van der Waals surface area (Å²) in [4.78, 5) is 30.0. The fourth-order valence-electron chi connectivity index (χ4n) is 5.30. The first-order valence-electron chi connectivity index (χ1n) is 11.4. The normalized spacial score (nSPS) is 21.3. The molecule has 2 heterocycles. The minimum absolute atomic E-state index is 0.0830. The molecular weight excluding hydrogens is 430 g/mol. The number of amides is 2. The van der Waals surface area contributed by atoms with Gasteiger partial charge in [-0.2, -0.15) is 0 Å². The number of benzene rings is 2. The highest BCUT2D eigenvalue weighted by atomic mass is 32.1. The number of thiocarbonyl (C=S) groups is 1. The Bertz CT molecular complexity index is 1200. The number of hydrogen-bond acceptors (Lipinski definition) is 4. The van der Waals surface area contributed by atoms with Crippen LogP contribution in [0.4, 0.5) is 11.4 Å². The van der Waals surface area contributed by atoms with Crippen LogP contribution in [0.5, 0.6) is 0 Å². The van der Waals surface area contributed by atoms with Gasteiger partial charge < -0.3 is 4.90 Å². The predicted molar refractivity (Wildman–Crippen MR) is 139 cm³/mol. The summed E-state index contributed by atoms with van der Waals surface area (Å²) in [5, 5.41) is 2.80. The topological polar surface area (TPSA) is 52.7 Å². The molecule has 2 amide bonds. The van der Waals surface area contributed by atoms with E-state index in [0.29, 0.717) is 11.6 Å². The molecule has 2 aliphatic heterocycles. The molecule has 4 rings (SSSR count). The first kappa shape index (κ1) is 23.2. The van der Waals surface area contributed by atoms with E-state index in [1.54, 1.807) is 6.08 Å². The van der Waals surface area contributed by atoms with Gasteiger partial charge in [0.15, 0.2) is 5.11 Å². The van der Waals surface area contributed by atoms with Crippen LogP contribution in [-0.4, -0.2) is 29.0 Å². The molecule has 1 fully saturated rings. The van der Waals surface area contributed by atoms with Gasteiger partial charge in [0.1, 0.15) is 5.57 Å². The Labute approximate surface area is 201 Å². The van der Waals surface area contributed by atoms with Crippen molar-refractivity contribution in [3.63, 3.8) is 0 Å². The van der Waals surface area contributed by atoms with Crippen LogP contribution in [-0.2, 0) is 9.59 Å². The second-order valence-electron chi connectivity index (χ2n) is 9.73. The van der Waals surface area contributed by atoms with E-state index in [1.807, 2.05) is 38.1 Å². The summed E-state index contributed by atoms with van der Waals surface area (Å²) in [5.74, 6) is -0.489. The molecule has 1 atom stereocenters. The van der Waals surface area contributed by atoms with Gasteiger partial charge in [0.25, 0.3) is 11.8 Å². The van der Waals surface area contributed by atoms with Gasteiger partial charge in [-0.1, -0.05) is 30.7 Å². The maximum Gasteiger partial charge on any atom is 0.270 e. The third-order valence-electron chi connectivity index (χ3n) is 6.73. The van der Waals surface area contributed by atoms with Crippen molar-refractivity contribution in [2.45, 2.75) is 59.4 Å². The Balaban J connectivity index is 1.74. The molecular formula is C27H31N3O2S. The minimum atomic E-state index is -0.465. The molecule has 0 saturated carbocycles. The molecule has 1 N–H and O–H groups in total. The number of anilines is 2. The third-order valence-corrected chi connectivity index (χ3v) is 7.02. The lowest BCUT2D eigenvalue weighted by atomic mass is 9.79. The van der Waals surface area contributed by atoms with Crippen molar-refractivity contribution >= 4 is 46.6 Å².